The highest BCUT2D eigenvalue weighted by Gasteiger charge is 2.34. The van der Waals surface area contributed by atoms with E-state index in [4.69, 9.17) is 0 Å². The highest BCUT2D eigenvalue weighted by Crippen LogP contribution is 2.42. The minimum atomic E-state index is 0.531. The van der Waals surface area contributed by atoms with Crippen LogP contribution in [0.25, 0.3) is 0 Å². The Kier molecular flexibility index (Phi) is 3.82. The van der Waals surface area contributed by atoms with Gasteiger partial charge in [-0.2, -0.15) is 0 Å². The van der Waals surface area contributed by atoms with Crippen molar-refractivity contribution in [1.29, 1.82) is 0 Å². The fourth-order valence-corrected chi connectivity index (χ4v) is 3.54. The maximum atomic E-state index is 11.4. The monoisotopic (exact) mass is 208 g/mol. The Hall–Kier alpha value is -0.330. The van der Waals surface area contributed by atoms with Crippen molar-refractivity contribution in [1.82, 2.24) is 0 Å². The number of carbonyl (C=O) groups is 1. The van der Waals surface area contributed by atoms with Crippen molar-refractivity contribution >= 4 is 5.78 Å². The average molecular weight is 208 g/mol. The maximum Gasteiger partial charge on any atom is 0.133 e. The van der Waals surface area contributed by atoms with Crippen molar-refractivity contribution in [3.05, 3.63) is 0 Å². The van der Waals surface area contributed by atoms with E-state index in [1.807, 2.05) is 0 Å². The van der Waals surface area contributed by atoms with E-state index in [0.29, 0.717) is 5.78 Å². The second-order valence-electron chi connectivity index (χ2n) is 5.62. The molecule has 2 rings (SSSR count). The molecule has 2 fully saturated rings. The van der Waals surface area contributed by atoms with E-state index in [1.165, 1.54) is 44.9 Å². The predicted octanol–water partition coefficient (Wildman–Crippen LogP) is 3.96. The van der Waals surface area contributed by atoms with Crippen LogP contribution in [0.15, 0.2) is 0 Å². The molecule has 0 radical (unpaired) electrons. The summed E-state index contributed by atoms with van der Waals surface area (Å²) in [5, 5.41) is 0. The Labute approximate surface area is 93.6 Å². The molecule has 2 saturated carbocycles. The van der Waals surface area contributed by atoms with Gasteiger partial charge in [0.2, 0.25) is 0 Å². The van der Waals surface area contributed by atoms with Gasteiger partial charge in [0.1, 0.15) is 5.78 Å². The quantitative estimate of drug-likeness (QED) is 0.686. The van der Waals surface area contributed by atoms with Gasteiger partial charge in [-0.1, -0.05) is 32.6 Å². The molecule has 0 amide bonds. The summed E-state index contributed by atoms with van der Waals surface area (Å²) in [7, 11) is 0. The van der Waals surface area contributed by atoms with Crippen LogP contribution in [0.5, 0.6) is 0 Å². The van der Waals surface area contributed by atoms with Gasteiger partial charge in [0, 0.05) is 12.8 Å². The summed E-state index contributed by atoms with van der Waals surface area (Å²) in [5.74, 6) is 3.19. The third-order valence-corrected chi connectivity index (χ3v) is 4.50. The molecule has 0 saturated heterocycles. The molecule has 0 aromatic rings. The molecule has 1 heteroatoms. The van der Waals surface area contributed by atoms with E-state index >= 15 is 0 Å². The Balaban J connectivity index is 1.81. The molecule has 0 spiro atoms. The van der Waals surface area contributed by atoms with Gasteiger partial charge in [-0.3, -0.25) is 4.79 Å². The molecule has 3 atom stereocenters. The fourth-order valence-electron chi connectivity index (χ4n) is 3.54. The molecule has 0 aromatic carbocycles. The molecular weight excluding hydrogens is 184 g/mol. The van der Waals surface area contributed by atoms with Crippen LogP contribution < -0.4 is 0 Å². The number of hydrogen-bond acceptors (Lipinski definition) is 1. The third-order valence-electron chi connectivity index (χ3n) is 4.50. The fraction of sp³-hybridized carbons (Fsp3) is 0.929. The Morgan fingerprint density at radius 3 is 2.87 bits per heavy atom. The van der Waals surface area contributed by atoms with Gasteiger partial charge >= 0.3 is 0 Å². The summed E-state index contributed by atoms with van der Waals surface area (Å²) >= 11 is 0. The van der Waals surface area contributed by atoms with E-state index < -0.39 is 0 Å². The van der Waals surface area contributed by atoms with Gasteiger partial charge < -0.3 is 0 Å². The van der Waals surface area contributed by atoms with Crippen LogP contribution in [0.1, 0.15) is 64.7 Å². The minimum absolute atomic E-state index is 0.531. The van der Waals surface area contributed by atoms with Crippen molar-refractivity contribution in [3.8, 4) is 0 Å². The molecule has 2 aliphatic rings. The molecular formula is C14H24O. The van der Waals surface area contributed by atoms with E-state index in [9.17, 15) is 4.79 Å². The number of rotatable bonds is 3. The molecule has 2 aliphatic carbocycles. The van der Waals surface area contributed by atoms with Gasteiger partial charge in [-0.15, -0.1) is 0 Å². The number of Topliss-reactive ketones (excluding diaryl/α,β-unsaturated/α-hetero) is 1. The lowest BCUT2D eigenvalue weighted by Gasteiger charge is -2.38. The Morgan fingerprint density at radius 1 is 1.20 bits per heavy atom. The smallest absolute Gasteiger partial charge is 0.133 e. The first-order valence-corrected chi connectivity index (χ1v) is 6.81. The molecule has 0 bridgehead atoms. The van der Waals surface area contributed by atoms with Crippen LogP contribution in [0.2, 0.25) is 0 Å². The number of unbranched alkanes of at least 4 members (excludes halogenated alkanes) is 1. The molecule has 0 aromatic heterocycles. The van der Waals surface area contributed by atoms with Gasteiger partial charge in [-0.25, -0.2) is 0 Å². The SMILES string of the molecule is CCCCC1CCC2CC(=O)CCC2C1. The zero-order valence-electron chi connectivity index (χ0n) is 10.0. The standard InChI is InChI=1S/C14H24O/c1-2-3-4-11-5-6-13-10-14(15)8-7-12(13)9-11/h11-13H,2-10H2,1H3. The lowest BCUT2D eigenvalue weighted by atomic mass is 9.66. The van der Waals surface area contributed by atoms with E-state index in [2.05, 4.69) is 6.92 Å². The lowest BCUT2D eigenvalue weighted by molar-refractivity contribution is -0.123. The second-order valence-corrected chi connectivity index (χ2v) is 5.62. The van der Waals surface area contributed by atoms with Crippen molar-refractivity contribution in [2.45, 2.75) is 64.7 Å². The number of hydrogen-bond donors (Lipinski definition) is 0. The number of ketones is 1. The van der Waals surface area contributed by atoms with Crippen LogP contribution in [0, 0.1) is 17.8 Å². The topological polar surface area (TPSA) is 17.1 Å². The van der Waals surface area contributed by atoms with Gasteiger partial charge in [0.25, 0.3) is 0 Å². The largest absolute Gasteiger partial charge is 0.300 e. The zero-order valence-corrected chi connectivity index (χ0v) is 10.0. The molecule has 15 heavy (non-hydrogen) atoms. The van der Waals surface area contributed by atoms with E-state index in [-0.39, 0.29) is 0 Å². The second kappa shape index (κ2) is 5.14. The molecule has 1 nitrogen and oxygen atoms in total. The van der Waals surface area contributed by atoms with Crippen molar-refractivity contribution in [2.75, 3.05) is 0 Å². The van der Waals surface area contributed by atoms with Crippen LogP contribution in [0.3, 0.4) is 0 Å². The number of carbonyl (C=O) groups excluding carboxylic acids is 1. The highest BCUT2D eigenvalue weighted by atomic mass is 16.1. The summed E-state index contributed by atoms with van der Waals surface area (Å²) in [6.45, 7) is 2.28. The normalized spacial score (nSPS) is 36.3. The summed E-state index contributed by atoms with van der Waals surface area (Å²) < 4.78 is 0. The van der Waals surface area contributed by atoms with Crippen molar-refractivity contribution < 1.29 is 4.79 Å². The molecule has 0 aliphatic heterocycles. The van der Waals surface area contributed by atoms with Crippen LogP contribution in [0.4, 0.5) is 0 Å². The van der Waals surface area contributed by atoms with Gasteiger partial charge in [0.15, 0.2) is 0 Å². The highest BCUT2D eigenvalue weighted by molar-refractivity contribution is 5.79. The van der Waals surface area contributed by atoms with Gasteiger partial charge in [0.05, 0.1) is 0 Å². The summed E-state index contributed by atoms with van der Waals surface area (Å²) in [6, 6.07) is 0. The van der Waals surface area contributed by atoms with Crippen LogP contribution >= 0.6 is 0 Å². The van der Waals surface area contributed by atoms with Crippen molar-refractivity contribution in [3.63, 3.8) is 0 Å². The minimum Gasteiger partial charge on any atom is -0.300 e. The van der Waals surface area contributed by atoms with Crippen LogP contribution in [-0.2, 0) is 4.79 Å². The Bertz CT molecular complexity index is 221. The lowest BCUT2D eigenvalue weighted by Crippen LogP contribution is -2.31. The first kappa shape index (κ1) is 11.2. The average Bonchev–Trinajstić information content (AvgIpc) is 2.26. The first-order chi connectivity index (χ1) is 7.29. The Morgan fingerprint density at radius 2 is 2.07 bits per heavy atom. The number of fused-ring (bicyclic) bond motifs is 1. The van der Waals surface area contributed by atoms with Crippen LogP contribution in [-0.4, -0.2) is 5.78 Å². The first-order valence-electron chi connectivity index (χ1n) is 6.81. The zero-order chi connectivity index (χ0) is 10.7. The summed E-state index contributed by atoms with van der Waals surface area (Å²) in [4.78, 5) is 11.4. The maximum absolute atomic E-state index is 11.4. The molecule has 0 heterocycles. The van der Waals surface area contributed by atoms with Gasteiger partial charge in [-0.05, 0) is 37.0 Å². The predicted molar refractivity (Wildman–Crippen MR) is 62.7 cm³/mol. The summed E-state index contributed by atoms with van der Waals surface area (Å²) in [6.07, 6.45) is 11.3. The molecule has 86 valence electrons. The molecule has 0 N–H and O–H groups in total. The third kappa shape index (κ3) is 2.83. The van der Waals surface area contributed by atoms with E-state index in [0.717, 1.165) is 30.6 Å². The molecule has 3 unspecified atom stereocenters. The van der Waals surface area contributed by atoms with E-state index in [1.54, 1.807) is 0 Å². The summed E-state index contributed by atoms with van der Waals surface area (Å²) in [5.41, 5.74) is 0. The van der Waals surface area contributed by atoms with Crippen molar-refractivity contribution in [2.24, 2.45) is 17.8 Å².